The van der Waals surface area contributed by atoms with Gasteiger partial charge in [-0.05, 0) is 35.4 Å². The van der Waals surface area contributed by atoms with E-state index in [0.717, 1.165) is 8.95 Å². The molecule has 0 spiro atoms. The molecule has 0 amide bonds. The molecule has 0 N–H and O–H groups in total. The van der Waals surface area contributed by atoms with Crippen molar-refractivity contribution in [3.63, 3.8) is 0 Å². The van der Waals surface area contributed by atoms with Crippen LogP contribution in [0.15, 0.2) is 57.5 Å². The maximum atomic E-state index is 5.74. The second kappa shape index (κ2) is 4.56. The zero-order valence-electron chi connectivity index (χ0n) is 8.94. The zero-order chi connectivity index (χ0) is 11.8. The second-order valence-corrected chi connectivity index (χ2v) is 5.91. The summed E-state index contributed by atoms with van der Waals surface area (Å²) >= 11 is 6.87. The molecule has 1 aliphatic rings. The number of halogens is 2. The molecule has 1 aliphatic heterocycles. The van der Waals surface area contributed by atoms with Crippen molar-refractivity contribution in [2.45, 2.75) is 12.2 Å². The zero-order valence-corrected chi connectivity index (χ0v) is 12.1. The van der Waals surface area contributed by atoms with Crippen LogP contribution in [-0.2, 0) is 4.74 Å². The highest BCUT2D eigenvalue weighted by molar-refractivity contribution is 9.10. The average Bonchev–Trinajstić information content (AvgIpc) is 3.11. The van der Waals surface area contributed by atoms with Crippen LogP contribution in [0.1, 0.15) is 23.3 Å². The Bertz CT molecular complexity index is 469. The van der Waals surface area contributed by atoms with E-state index in [0.29, 0.717) is 0 Å². The fourth-order valence-electron chi connectivity index (χ4n) is 1.92. The summed E-state index contributed by atoms with van der Waals surface area (Å²) in [6.45, 7) is 0. The summed E-state index contributed by atoms with van der Waals surface area (Å²) < 4.78 is 7.94. The Morgan fingerprint density at radius 3 is 1.35 bits per heavy atom. The largest absolute Gasteiger partial charge is 0.359 e. The normalized spacial score (nSPS) is 22.5. The van der Waals surface area contributed by atoms with E-state index in [2.05, 4.69) is 80.4 Å². The standard InChI is InChI=1S/C14H10Br2O/c15-11-5-1-9(2-6-11)13-14(17-13)10-3-7-12(16)8-4-10/h1-8,13-14H/t13-,14-/m0/s1. The van der Waals surface area contributed by atoms with Crippen LogP contribution in [0.4, 0.5) is 0 Å². The predicted octanol–water partition coefficient (Wildman–Crippen LogP) is 5.02. The van der Waals surface area contributed by atoms with E-state index in [1.165, 1.54) is 11.1 Å². The van der Waals surface area contributed by atoms with Crippen molar-refractivity contribution >= 4 is 31.9 Å². The Morgan fingerprint density at radius 1 is 0.647 bits per heavy atom. The molecule has 3 heteroatoms. The summed E-state index contributed by atoms with van der Waals surface area (Å²) in [6, 6.07) is 16.6. The minimum Gasteiger partial charge on any atom is -0.359 e. The van der Waals surface area contributed by atoms with Gasteiger partial charge in [0.05, 0.1) is 0 Å². The van der Waals surface area contributed by atoms with Crippen molar-refractivity contribution in [3.05, 3.63) is 68.6 Å². The van der Waals surface area contributed by atoms with Gasteiger partial charge < -0.3 is 4.74 Å². The maximum Gasteiger partial charge on any atom is 0.114 e. The Morgan fingerprint density at radius 2 is 1.00 bits per heavy atom. The molecule has 0 saturated carbocycles. The molecule has 17 heavy (non-hydrogen) atoms. The molecule has 0 unspecified atom stereocenters. The van der Waals surface area contributed by atoms with Crippen molar-refractivity contribution in [3.8, 4) is 0 Å². The number of benzene rings is 2. The van der Waals surface area contributed by atoms with Gasteiger partial charge in [0.25, 0.3) is 0 Å². The van der Waals surface area contributed by atoms with E-state index in [9.17, 15) is 0 Å². The van der Waals surface area contributed by atoms with Gasteiger partial charge in [0.1, 0.15) is 12.2 Å². The number of ether oxygens (including phenoxy) is 1. The first-order chi connectivity index (χ1) is 8.24. The van der Waals surface area contributed by atoms with Gasteiger partial charge in [0, 0.05) is 8.95 Å². The predicted molar refractivity (Wildman–Crippen MR) is 74.9 cm³/mol. The van der Waals surface area contributed by atoms with E-state index in [1.54, 1.807) is 0 Å². The van der Waals surface area contributed by atoms with Gasteiger partial charge in [0.15, 0.2) is 0 Å². The van der Waals surface area contributed by atoms with Crippen molar-refractivity contribution in [2.75, 3.05) is 0 Å². The quantitative estimate of drug-likeness (QED) is 0.690. The third-order valence-corrected chi connectivity index (χ3v) is 3.95. The van der Waals surface area contributed by atoms with Gasteiger partial charge in [0.2, 0.25) is 0 Å². The van der Waals surface area contributed by atoms with E-state index in [4.69, 9.17) is 4.74 Å². The lowest BCUT2D eigenvalue weighted by Gasteiger charge is -1.98. The fourth-order valence-corrected chi connectivity index (χ4v) is 2.45. The monoisotopic (exact) mass is 352 g/mol. The molecule has 1 heterocycles. The van der Waals surface area contributed by atoms with Gasteiger partial charge in [-0.3, -0.25) is 0 Å². The van der Waals surface area contributed by atoms with E-state index >= 15 is 0 Å². The number of hydrogen-bond donors (Lipinski definition) is 0. The number of rotatable bonds is 2. The van der Waals surface area contributed by atoms with Gasteiger partial charge in [-0.2, -0.15) is 0 Å². The van der Waals surface area contributed by atoms with Crippen LogP contribution in [0.3, 0.4) is 0 Å². The Balaban J connectivity index is 1.78. The summed E-state index contributed by atoms with van der Waals surface area (Å²) in [4.78, 5) is 0. The lowest BCUT2D eigenvalue weighted by atomic mass is 10.0. The Kier molecular flexibility index (Phi) is 3.07. The molecular formula is C14H10Br2O. The summed E-state index contributed by atoms with van der Waals surface area (Å²) in [7, 11) is 0. The fraction of sp³-hybridized carbons (Fsp3) is 0.143. The highest BCUT2D eigenvalue weighted by Crippen LogP contribution is 2.51. The number of epoxide rings is 1. The molecule has 0 aliphatic carbocycles. The van der Waals surface area contributed by atoms with Gasteiger partial charge in [-0.25, -0.2) is 0 Å². The SMILES string of the molecule is Brc1ccc([C@@H]2O[C@H]2c2ccc(Br)cc2)cc1. The average molecular weight is 354 g/mol. The van der Waals surface area contributed by atoms with Gasteiger partial charge >= 0.3 is 0 Å². The minimum absolute atomic E-state index is 0.212. The van der Waals surface area contributed by atoms with Crippen molar-refractivity contribution in [1.82, 2.24) is 0 Å². The lowest BCUT2D eigenvalue weighted by molar-refractivity contribution is 0.377. The molecule has 2 aromatic rings. The molecule has 2 atom stereocenters. The van der Waals surface area contributed by atoms with Crippen LogP contribution < -0.4 is 0 Å². The first-order valence-electron chi connectivity index (χ1n) is 5.40. The molecule has 1 fully saturated rings. The molecule has 86 valence electrons. The third-order valence-electron chi connectivity index (χ3n) is 2.89. The van der Waals surface area contributed by atoms with E-state index in [-0.39, 0.29) is 12.2 Å². The second-order valence-electron chi connectivity index (χ2n) is 4.08. The summed E-state index contributed by atoms with van der Waals surface area (Å²) in [5, 5.41) is 0. The van der Waals surface area contributed by atoms with E-state index in [1.807, 2.05) is 0 Å². The van der Waals surface area contributed by atoms with Crippen LogP contribution in [0.5, 0.6) is 0 Å². The van der Waals surface area contributed by atoms with Crippen molar-refractivity contribution in [1.29, 1.82) is 0 Å². The molecule has 0 bridgehead atoms. The molecule has 0 radical (unpaired) electrons. The van der Waals surface area contributed by atoms with Crippen LogP contribution in [0, 0.1) is 0 Å². The summed E-state index contributed by atoms with van der Waals surface area (Å²) in [5.41, 5.74) is 2.47. The maximum absolute atomic E-state index is 5.74. The van der Waals surface area contributed by atoms with Crippen LogP contribution in [-0.4, -0.2) is 0 Å². The lowest BCUT2D eigenvalue weighted by Crippen LogP contribution is -1.84. The molecule has 1 nitrogen and oxygen atoms in total. The summed E-state index contributed by atoms with van der Waals surface area (Å²) in [6.07, 6.45) is 0.425. The highest BCUT2D eigenvalue weighted by Gasteiger charge is 2.41. The Hall–Kier alpha value is -0.640. The van der Waals surface area contributed by atoms with Crippen LogP contribution in [0.2, 0.25) is 0 Å². The van der Waals surface area contributed by atoms with E-state index < -0.39 is 0 Å². The summed E-state index contributed by atoms with van der Waals surface area (Å²) in [5.74, 6) is 0. The van der Waals surface area contributed by atoms with Gasteiger partial charge in [-0.1, -0.05) is 56.1 Å². The first-order valence-corrected chi connectivity index (χ1v) is 6.99. The molecular weight excluding hydrogens is 344 g/mol. The number of hydrogen-bond acceptors (Lipinski definition) is 1. The third kappa shape index (κ3) is 2.46. The molecule has 1 saturated heterocycles. The minimum atomic E-state index is 0.212. The Labute approximate surface area is 117 Å². The topological polar surface area (TPSA) is 12.5 Å². The first kappa shape index (κ1) is 11.5. The van der Waals surface area contributed by atoms with Crippen molar-refractivity contribution < 1.29 is 4.74 Å². The van der Waals surface area contributed by atoms with Crippen LogP contribution >= 0.6 is 31.9 Å². The molecule has 2 aromatic carbocycles. The van der Waals surface area contributed by atoms with Crippen LogP contribution in [0.25, 0.3) is 0 Å². The molecule has 3 rings (SSSR count). The van der Waals surface area contributed by atoms with Crippen molar-refractivity contribution in [2.24, 2.45) is 0 Å². The van der Waals surface area contributed by atoms with Gasteiger partial charge in [-0.15, -0.1) is 0 Å². The smallest absolute Gasteiger partial charge is 0.114 e. The highest BCUT2D eigenvalue weighted by atomic mass is 79.9. The molecule has 0 aromatic heterocycles.